The number of fused-ring (bicyclic) bond motifs is 2. The molecule has 6 heteroatoms. The predicted octanol–water partition coefficient (Wildman–Crippen LogP) is 3.36. The summed E-state index contributed by atoms with van der Waals surface area (Å²) >= 11 is 0. The molecule has 1 aromatic heterocycles. The minimum absolute atomic E-state index is 0.372. The predicted molar refractivity (Wildman–Crippen MR) is 100 cm³/mol. The standard InChI is InChI=1S/C21H26F2N4/c22-14-3-5-18(19(23)10-14)20-13-27-12-16(4-6-21(27)25-20)24-15-7-9-26-8-1-2-17(26)11-15/h3,5,10,13,15-17,24H,1-2,4,6-9,11-12H2. The Hall–Kier alpha value is -1.79. The quantitative estimate of drug-likeness (QED) is 0.897. The molecule has 3 aliphatic heterocycles. The molecule has 0 radical (unpaired) electrons. The van der Waals surface area contributed by atoms with Gasteiger partial charge in [0.25, 0.3) is 0 Å². The van der Waals surface area contributed by atoms with Gasteiger partial charge in [0, 0.05) is 48.9 Å². The Morgan fingerprint density at radius 2 is 2.00 bits per heavy atom. The Morgan fingerprint density at radius 1 is 1.07 bits per heavy atom. The summed E-state index contributed by atoms with van der Waals surface area (Å²) in [6, 6.07) is 5.51. The van der Waals surface area contributed by atoms with Crippen molar-refractivity contribution in [3.05, 3.63) is 41.9 Å². The number of halogens is 2. The molecule has 5 rings (SSSR count). The molecule has 0 bridgehead atoms. The largest absolute Gasteiger partial charge is 0.333 e. The number of nitrogens with zero attached hydrogens (tertiary/aromatic N) is 3. The van der Waals surface area contributed by atoms with Crippen molar-refractivity contribution >= 4 is 0 Å². The van der Waals surface area contributed by atoms with Crippen LogP contribution in [0.1, 0.15) is 37.9 Å². The van der Waals surface area contributed by atoms with Crippen molar-refractivity contribution in [2.45, 2.75) is 63.2 Å². The Bertz CT molecular complexity index is 834. The van der Waals surface area contributed by atoms with Gasteiger partial charge in [-0.15, -0.1) is 0 Å². The topological polar surface area (TPSA) is 33.1 Å². The SMILES string of the molecule is Fc1ccc(-c2cn3c(n2)CCC(NC2CCN4CCCC4C2)C3)c(F)c1. The monoisotopic (exact) mass is 372 g/mol. The molecule has 0 spiro atoms. The van der Waals surface area contributed by atoms with E-state index in [1.807, 2.05) is 6.20 Å². The van der Waals surface area contributed by atoms with Crippen molar-refractivity contribution in [3.8, 4) is 11.3 Å². The molecule has 0 saturated carbocycles. The van der Waals surface area contributed by atoms with E-state index < -0.39 is 11.6 Å². The van der Waals surface area contributed by atoms with E-state index in [-0.39, 0.29) is 0 Å². The molecule has 27 heavy (non-hydrogen) atoms. The molecule has 2 aromatic rings. The third-order valence-electron chi connectivity index (χ3n) is 6.49. The zero-order chi connectivity index (χ0) is 18.4. The maximum atomic E-state index is 14.1. The fraction of sp³-hybridized carbons (Fsp3) is 0.571. The highest BCUT2D eigenvalue weighted by atomic mass is 19.1. The van der Waals surface area contributed by atoms with Gasteiger partial charge in [0.15, 0.2) is 0 Å². The number of hydrogen-bond donors (Lipinski definition) is 1. The van der Waals surface area contributed by atoms with Crippen molar-refractivity contribution in [3.63, 3.8) is 0 Å². The average molecular weight is 372 g/mol. The second-order valence-corrected chi connectivity index (χ2v) is 8.27. The van der Waals surface area contributed by atoms with Crippen LogP contribution in [0.3, 0.4) is 0 Å². The highest BCUT2D eigenvalue weighted by molar-refractivity contribution is 5.59. The van der Waals surface area contributed by atoms with E-state index in [1.54, 1.807) is 0 Å². The first-order valence-electron chi connectivity index (χ1n) is 10.2. The number of aryl methyl sites for hydroxylation is 1. The van der Waals surface area contributed by atoms with Crippen molar-refractivity contribution in [1.82, 2.24) is 19.8 Å². The highest BCUT2D eigenvalue weighted by Crippen LogP contribution is 2.29. The lowest BCUT2D eigenvalue weighted by Gasteiger charge is -2.38. The third-order valence-corrected chi connectivity index (χ3v) is 6.49. The zero-order valence-electron chi connectivity index (χ0n) is 15.5. The number of hydrogen-bond acceptors (Lipinski definition) is 3. The van der Waals surface area contributed by atoms with Crippen LogP contribution in [-0.2, 0) is 13.0 Å². The van der Waals surface area contributed by atoms with Crippen LogP contribution in [0.25, 0.3) is 11.3 Å². The van der Waals surface area contributed by atoms with E-state index in [9.17, 15) is 8.78 Å². The number of aromatic nitrogens is 2. The van der Waals surface area contributed by atoms with Crippen molar-refractivity contribution < 1.29 is 8.78 Å². The molecule has 3 aliphatic rings. The number of imidazole rings is 1. The first kappa shape index (κ1) is 17.3. The number of benzene rings is 1. The van der Waals surface area contributed by atoms with E-state index in [2.05, 4.69) is 19.8 Å². The third kappa shape index (κ3) is 3.41. The number of rotatable bonds is 3. The minimum atomic E-state index is -0.558. The lowest BCUT2D eigenvalue weighted by molar-refractivity contribution is 0.156. The molecule has 0 amide bonds. The van der Waals surface area contributed by atoms with Gasteiger partial charge in [-0.25, -0.2) is 13.8 Å². The maximum absolute atomic E-state index is 14.1. The first-order valence-corrected chi connectivity index (χ1v) is 10.2. The summed E-state index contributed by atoms with van der Waals surface area (Å²) in [5, 5.41) is 3.88. The van der Waals surface area contributed by atoms with Gasteiger partial charge in [-0.3, -0.25) is 0 Å². The van der Waals surface area contributed by atoms with Crippen LogP contribution in [0.4, 0.5) is 8.78 Å². The molecule has 4 heterocycles. The van der Waals surface area contributed by atoms with Gasteiger partial charge < -0.3 is 14.8 Å². The van der Waals surface area contributed by atoms with E-state index in [0.717, 1.165) is 37.3 Å². The summed E-state index contributed by atoms with van der Waals surface area (Å²) in [5.41, 5.74) is 0.971. The molecule has 2 fully saturated rings. The van der Waals surface area contributed by atoms with Gasteiger partial charge >= 0.3 is 0 Å². The summed E-state index contributed by atoms with van der Waals surface area (Å²) in [7, 11) is 0. The number of piperidine rings is 1. The summed E-state index contributed by atoms with van der Waals surface area (Å²) in [5.74, 6) is -0.112. The molecule has 2 saturated heterocycles. The Kier molecular flexibility index (Phi) is 4.48. The van der Waals surface area contributed by atoms with Gasteiger partial charge in [-0.05, 0) is 57.3 Å². The molecule has 1 aromatic carbocycles. The molecular weight excluding hydrogens is 346 g/mol. The average Bonchev–Trinajstić information content (AvgIpc) is 3.27. The van der Waals surface area contributed by atoms with Crippen LogP contribution < -0.4 is 5.32 Å². The van der Waals surface area contributed by atoms with Crippen LogP contribution in [-0.4, -0.2) is 45.7 Å². The van der Waals surface area contributed by atoms with E-state index >= 15 is 0 Å². The molecule has 3 atom stereocenters. The molecule has 144 valence electrons. The first-order chi connectivity index (χ1) is 13.2. The fourth-order valence-corrected chi connectivity index (χ4v) is 5.12. The number of nitrogens with one attached hydrogen (secondary N) is 1. The Labute approximate surface area is 158 Å². The van der Waals surface area contributed by atoms with Crippen LogP contribution in [0, 0.1) is 11.6 Å². The van der Waals surface area contributed by atoms with Gasteiger partial charge in [0.05, 0.1) is 5.69 Å². The molecule has 3 unspecified atom stereocenters. The zero-order valence-corrected chi connectivity index (χ0v) is 15.5. The van der Waals surface area contributed by atoms with Gasteiger partial charge in [0.1, 0.15) is 17.5 Å². The Morgan fingerprint density at radius 3 is 2.89 bits per heavy atom. The smallest absolute Gasteiger partial charge is 0.135 e. The highest BCUT2D eigenvalue weighted by Gasteiger charge is 2.33. The molecule has 0 aliphatic carbocycles. The van der Waals surface area contributed by atoms with E-state index in [4.69, 9.17) is 0 Å². The van der Waals surface area contributed by atoms with Crippen LogP contribution in [0.15, 0.2) is 24.4 Å². The van der Waals surface area contributed by atoms with E-state index in [1.165, 1.54) is 50.9 Å². The Balaban J connectivity index is 1.27. The summed E-state index contributed by atoms with van der Waals surface area (Å²) in [6.45, 7) is 3.37. The maximum Gasteiger partial charge on any atom is 0.135 e. The van der Waals surface area contributed by atoms with Crippen molar-refractivity contribution in [1.29, 1.82) is 0 Å². The van der Waals surface area contributed by atoms with Crippen molar-refractivity contribution in [2.24, 2.45) is 0 Å². The normalized spacial score (nSPS) is 28.1. The van der Waals surface area contributed by atoms with E-state index in [0.29, 0.717) is 23.3 Å². The molecule has 1 N–H and O–H groups in total. The van der Waals surface area contributed by atoms with Crippen LogP contribution >= 0.6 is 0 Å². The second-order valence-electron chi connectivity index (χ2n) is 8.27. The van der Waals surface area contributed by atoms with Gasteiger partial charge in [0.2, 0.25) is 0 Å². The van der Waals surface area contributed by atoms with Crippen molar-refractivity contribution in [2.75, 3.05) is 13.1 Å². The summed E-state index contributed by atoms with van der Waals surface area (Å²) in [4.78, 5) is 7.25. The van der Waals surface area contributed by atoms with Gasteiger partial charge in [-0.1, -0.05) is 0 Å². The van der Waals surface area contributed by atoms with Gasteiger partial charge in [-0.2, -0.15) is 0 Å². The minimum Gasteiger partial charge on any atom is -0.333 e. The lowest BCUT2D eigenvalue weighted by Crippen LogP contribution is -2.50. The van der Waals surface area contributed by atoms with Crippen LogP contribution in [0.5, 0.6) is 0 Å². The lowest BCUT2D eigenvalue weighted by atomic mass is 9.95. The van der Waals surface area contributed by atoms with Crippen LogP contribution in [0.2, 0.25) is 0 Å². The second kappa shape index (κ2) is 6.99. The summed E-state index contributed by atoms with van der Waals surface area (Å²) < 4.78 is 29.4. The molecule has 4 nitrogen and oxygen atoms in total. The fourth-order valence-electron chi connectivity index (χ4n) is 5.12. The summed E-state index contributed by atoms with van der Waals surface area (Å²) in [6.07, 6.45) is 9.06. The molecular formula is C21H26F2N4.